The second-order valence-corrected chi connectivity index (χ2v) is 11.0. The Labute approximate surface area is 245 Å². The molecule has 2 aromatic rings. The van der Waals surface area contributed by atoms with Crippen molar-refractivity contribution in [2.75, 3.05) is 19.4 Å². The third-order valence-electron chi connectivity index (χ3n) is 6.76. The Morgan fingerprint density at radius 3 is 2.31 bits per heavy atom. The SMILES string of the molecule is CN[C@H]1CSC(C(=O)O)C(Cc2c[nH]c3ccccc23)NC(=O)[C@H](CC(N)=O)NC(=O)[C@H](C)NC(=O)C(CO)NC1=O. The van der Waals surface area contributed by atoms with Crippen LogP contribution in [0.1, 0.15) is 18.9 Å². The van der Waals surface area contributed by atoms with Gasteiger partial charge in [0.2, 0.25) is 29.5 Å². The number of likely N-dealkylation sites (N-methyl/N-ethyl adjacent to an activating group) is 1. The molecule has 0 aliphatic carbocycles. The fourth-order valence-corrected chi connectivity index (χ4v) is 5.71. The molecule has 228 valence electrons. The number of benzene rings is 1. The van der Waals surface area contributed by atoms with E-state index >= 15 is 0 Å². The summed E-state index contributed by atoms with van der Waals surface area (Å²) in [6.07, 6.45) is 1.15. The van der Waals surface area contributed by atoms with Crippen LogP contribution in [0.5, 0.6) is 0 Å². The molecule has 1 aliphatic rings. The molecule has 10 N–H and O–H groups in total. The van der Waals surface area contributed by atoms with E-state index in [1.54, 1.807) is 6.20 Å². The Bertz CT molecular complexity index is 1330. The van der Waals surface area contributed by atoms with Gasteiger partial charge in [0.1, 0.15) is 23.4 Å². The van der Waals surface area contributed by atoms with Crippen molar-refractivity contribution in [3.05, 3.63) is 36.0 Å². The molecule has 1 aromatic carbocycles. The van der Waals surface area contributed by atoms with Crippen LogP contribution in [-0.4, -0.2) is 106 Å². The predicted molar refractivity (Wildman–Crippen MR) is 153 cm³/mol. The van der Waals surface area contributed by atoms with Gasteiger partial charge in [0.15, 0.2) is 0 Å². The summed E-state index contributed by atoms with van der Waals surface area (Å²) in [5.74, 6) is -5.55. The Morgan fingerprint density at radius 2 is 1.67 bits per heavy atom. The number of aromatic nitrogens is 1. The fourth-order valence-electron chi connectivity index (χ4n) is 4.46. The first-order valence-corrected chi connectivity index (χ1v) is 14.2. The lowest BCUT2D eigenvalue weighted by atomic mass is 10.0. The van der Waals surface area contributed by atoms with E-state index in [-0.39, 0.29) is 12.2 Å². The lowest BCUT2D eigenvalue weighted by Crippen LogP contribution is -2.60. The minimum atomic E-state index is -1.48. The summed E-state index contributed by atoms with van der Waals surface area (Å²) < 4.78 is 0. The largest absolute Gasteiger partial charge is 0.480 e. The number of nitrogens with two attached hydrogens (primary N) is 1. The molecule has 3 rings (SSSR count). The molecule has 0 bridgehead atoms. The normalized spacial score (nSPS) is 26.5. The van der Waals surface area contributed by atoms with Crippen LogP contribution in [0.25, 0.3) is 10.9 Å². The molecule has 6 atom stereocenters. The zero-order chi connectivity index (χ0) is 31.0. The number of primary amides is 1. The van der Waals surface area contributed by atoms with Gasteiger partial charge in [0.25, 0.3) is 0 Å². The van der Waals surface area contributed by atoms with Crippen molar-refractivity contribution in [1.82, 2.24) is 31.6 Å². The van der Waals surface area contributed by atoms with Crippen LogP contribution >= 0.6 is 11.8 Å². The van der Waals surface area contributed by atoms with Crippen molar-refractivity contribution in [1.29, 1.82) is 0 Å². The number of carboxylic acids is 1. The van der Waals surface area contributed by atoms with E-state index in [1.165, 1.54) is 14.0 Å². The average Bonchev–Trinajstić information content (AvgIpc) is 3.34. The molecule has 16 heteroatoms. The summed E-state index contributed by atoms with van der Waals surface area (Å²) in [7, 11) is 1.47. The van der Waals surface area contributed by atoms with Crippen LogP contribution in [0, 0.1) is 0 Å². The third-order valence-corrected chi connectivity index (χ3v) is 8.18. The monoisotopic (exact) mass is 605 g/mol. The minimum absolute atomic E-state index is 0.0480. The highest BCUT2D eigenvalue weighted by molar-refractivity contribution is 8.00. The summed E-state index contributed by atoms with van der Waals surface area (Å²) in [6, 6.07) is 1.12. The first kappa shape index (κ1) is 32.4. The van der Waals surface area contributed by atoms with E-state index in [9.17, 15) is 39.0 Å². The molecule has 2 heterocycles. The number of aliphatic carboxylic acids is 1. The number of carboxylic acid groups (broad SMARTS) is 1. The second kappa shape index (κ2) is 14.7. The van der Waals surface area contributed by atoms with Crippen molar-refractivity contribution in [3.63, 3.8) is 0 Å². The van der Waals surface area contributed by atoms with E-state index in [0.29, 0.717) is 5.56 Å². The lowest BCUT2D eigenvalue weighted by molar-refractivity contribution is -0.138. The molecular formula is C26H35N7O8S. The van der Waals surface area contributed by atoms with Crippen LogP contribution in [0.15, 0.2) is 30.5 Å². The van der Waals surface area contributed by atoms with Crippen molar-refractivity contribution in [3.8, 4) is 0 Å². The zero-order valence-corrected chi connectivity index (χ0v) is 23.8. The molecule has 3 unspecified atom stereocenters. The van der Waals surface area contributed by atoms with Gasteiger partial charge < -0.3 is 47.5 Å². The highest BCUT2D eigenvalue weighted by Crippen LogP contribution is 2.24. The van der Waals surface area contributed by atoms with E-state index in [1.807, 2.05) is 24.3 Å². The standard InChI is InChI=1S/C26H35N7O8S/c1-12-22(36)32-17(8-20(27)35)23(37)31-16(7-13-9-29-15-6-4-3-5-14(13)15)21(26(40)41)42-11-19(28-2)25(39)33-18(10-34)24(38)30-12/h3-6,9,12,16-19,21,28-29,34H,7-8,10-11H2,1-2H3,(H2,27,35)(H,30,38)(H,31,37)(H,32,36)(H,33,39)(H,40,41)/t12-,16?,17-,18?,19-,21?/m0/s1. The molecular weight excluding hydrogens is 570 g/mol. The van der Waals surface area contributed by atoms with Crippen LogP contribution in [-0.2, 0) is 35.2 Å². The molecule has 1 saturated heterocycles. The van der Waals surface area contributed by atoms with Gasteiger partial charge in [0.05, 0.1) is 25.1 Å². The summed E-state index contributed by atoms with van der Waals surface area (Å²) in [5, 5.41) is 32.0. The maximum absolute atomic E-state index is 13.5. The Kier molecular flexibility index (Phi) is 11.3. The molecule has 42 heavy (non-hydrogen) atoms. The molecule has 1 fully saturated rings. The maximum Gasteiger partial charge on any atom is 0.318 e. The number of aliphatic hydroxyl groups is 1. The van der Waals surface area contributed by atoms with Crippen molar-refractivity contribution < 1.29 is 39.0 Å². The van der Waals surface area contributed by atoms with Gasteiger partial charge in [-0.25, -0.2) is 0 Å². The van der Waals surface area contributed by atoms with Crippen LogP contribution in [0.3, 0.4) is 0 Å². The van der Waals surface area contributed by atoms with Gasteiger partial charge in [-0.2, -0.15) is 0 Å². The number of thioether (sulfide) groups is 1. The first-order valence-electron chi connectivity index (χ1n) is 13.1. The van der Waals surface area contributed by atoms with Crippen LogP contribution in [0.4, 0.5) is 0 Å². The molecule has 1 aromatic heterocycles. The predicted octanol–water partition coefficient (Wildman–Crippen LogP) is -2.67. The number of hydrogen-bond donors (Lipinski definition) is 9. The summed E-state index contributed by atoms with van der Waals surface area (Å²) in [4.78, 5) is 79.4. The molecule has 1 aliphatic heterocycles. The van der Waals surface area contributed by atoms with Crippen molar-refractivity contribution >= 4 is 58.2 Å². The summed E-state index contributed by atoms with van der Waals surface area (Å²) in [6.45, 7) is 0.520. The quantitative estimate of drug-likeness (QED) is 0.158. The highest BCUT2D eigenvalue weighted by atomic mass is 32.2. The van der Waals surface area contributed by atoms with Crippen molar-refractivity contribution in [2.24, 2.45) is 5.73 Å². The smallest absolute Gasteiger partial charge is 0.318 e. The third kappa shape index (κ3) is 8.20. The summed E-state index contributed by atoms with van der Waals surface area (Å²) in [5.41, 5.74) is 6.84. The molecule has 0 radical (unpaired) electrons. The topological polar surface area (TPSA) is 245 Å². The van der Waals surface area contributed by atoms with Gasteiger partial charge in [-0.15, -0.1) is 11.8 Å². The molecule has 0 spiro atoms. The zero-order valence-electron chi connectivity index (χ0n) is 23.0. The number of carbonyl (C=O) groups excluding carboxylic acids is 5. The lowest BCUT2D eigenvalue weighted by Gasteiger charge is -2.29. The van der Waals surface area contributed by atoms with Gasteiger partial charge in [0, 0.05) is 22.9 Å². The number of H-pyrrole nitrogens is 1. The van der Waals surface area contributed by atoms with Gasteiger partial charge in [-0.05, 0) is 32.0 Å². The van der Waals surface area contributed by atoms with E-state index in [0.717, 1.165) is 22.7 Å². The van der Waals surface area contributed by atoms with Gasteiger partial charge in [-0.1, -0.05) is 18.2 Å². The van der Waals surface area contributed by atoms with Gasteiger partial charge >= 0.3 is 5.97 Å². The highest BCUT2D eigenvalue weighted by Gasteiger charge is 2.36. The first-order chi connectivity index (χ1) is 19.9. The number of aliphatic hydroxyl groups excluding tert-OH is 1. The van der Waals surface area contributed by atoms with Crippen molar-refractivity contribution in [2.45, 2.75) is 55.2 Å². The Balaban J connectivity index is 2.03. The van der Waals surface area contributed by atoms with E-state index in [2.05, 4.69) is 31.6 Å². The number of amides is 5. The van der Waals surface area contributed by atoms with Gasteiger partial charge in [-0.3, -0.25) is 28.8 Å². The number of carbonyl (C=O) groups is 6. The van der Waals surface area contributed by atoms with E-state index < -0.39 is 84.0 Å². The van der Waals surface area contributed by atoms with Crippen LogP contribution in [0.2, 0.25) is 0 Å². The number of hydrogen-bond acceptors (Lipinski definition) is 9. The molecule has 5 amide bonds. The second-order valence-electron chi connectivity index (χ2n) is 9.82. The fraction of sp³-hybridized carbons (Fsp3) is 0.462. The molecule has 15 nitrogen and oxygen atoms in total. The Morgan fingerprint density at radius 1 is 1.00 bits per heavy atom. The number of fused-ring (bicyclic) bond motifs is 1. The van der Waals surface area contributed by atoms with Crippen LogP contribution < -0.4 is 32.3 Å². The average molecular weight is 606 g/mol. The summed E-state index contributed by atoms with van der Waals surface area (Å²) >= 11 is 0.875. The van der Waals surface area contributed by atoms with E-state index in [4.69, 9.17) is 5.73 Å². The number of rotatable bonds is 7. The molecule has 0 saturated carbocycles. The minimum Gasteiger partial charge on any atom is -0.480 e. The maximum atomic E-state index is 13.5. The number of para-hydroxylation sites is 1. The number of aromatic amines is 1. The Hall–Kier alpha value is -4.15. The number of nitrogens with one attached hydrogen (secondary N) is 6.